The molecule has 0 nitrogen and oxygen atoms in total. The van der Waals surface area contributed by atoms with Crippen LogP contribution in [0, 0.1) is 18.8 Å². The van der Waals surface area contributed by atoms with Gasteiger partial charge < -0.3 is 0 Å². The maximum atomic E-state index is 3.06. The van der Waals surface area contributed by atoms with E-state index in [-0.39, 0.29) is 0 Å². The molecule has 0 aliphatic carbocycles. The minimum absolute atomic E-state index is 0.878. The molecule has 1 aromatic rings. The summed E-state index contributed by atoms with van der Waals surface area (Å²) in [7, 11) is 0. The van der Waals surface area contributed by atoms with Crippen molar-refractivity contribution < 1.29 is 0 Å². The molecule has 0 aliphatic heterocycles. The van der Waals surface area contributed by atoms with Crippen LogP contribution in [0.5, 0.6) is 0 Å². The molecule has 0 heterocycles. The summed E-state index contributed by atoms with van der Waals surface area (Å²) >= 11 is 0. The lowest BCUT2D eigenvalue weighted by atomic mass is 10.1. The van der Waals surface area contributed by atoms with Crippen LogP contribution in [0.1, 0.15) is 18.1 Å². The molecule has 0 N–H and O–H groups in total. The molecule has 0 atom stereocenters. The summed E-state index contributed by atoms with van der Waals surface area (Å²) < 4.78 is 0. The van der Waals surface area contributed by atoms with E-state index in [9.17, 15) is 0 Å². The number of aryl methyl sites for hydroxylation is 1. The van der Waals surface area contributed by atoms with Gasteiger partial charge in [0.2, 0.25) is 0 Å². The minimum atomic E-state index is 0.878. The third-order valence-electron chi connectivity index (χ3n) is 1.72. The second kappa shape index (κ2) is 3.83. The molecule has 0 radical (unpaired) electrons. The first kappa shape index (κ1) is 7.88. The van der Waals surface area contributed by atoms with Crippen molar-refractivity contribution >= 4 is 0 Å². The molecule has 0 fully saturated rings. The third kappa shape index (κ3) is 2.13. The van der Waals surface area contributed by atoms with Gasteiger partial charge in [0, 0.05) is 6.42 Å². The quantitative estimate of drug-likeness (QED) is 0.531. The van der Waals surface area contributed by atoms with Crippen molar-refractivity contribution in [3.63, 3.8) is 0 Å². The fourth-order valence-corrected chi connectivity index (χ4v) is 0.992. The Morgan fingerprint density at radius 1 is 1.27 bits per heavy atom. The molecule has 0 saturated heterocycles. The van der Waals surface area contributed by atoms with E-state index in [1.807, 2.05) is 6.92 Å². The van der Waals surface area contributed by atoms with Crippen LogP contribution >= 0.6 is 0 Å². The average Bonchev–Trinajstić information content (AvgIpc) is 2.03. The molecule has 11 heavy (non-hydrogen) atoms. The molecule has 0 saturated carbocycles. The van der Waals surface area contributed by atoms with Gasteiger partial charge in [0.1, 0.15) is 0 Å². The molecule has 1 aromatic carbocycles. The van der Waals surface area contributed by atoms with Crippen molar-refractivity contribution in [1.29, 1.82) is 0 Å². The highest BCUT2D eigenvalue weighted by Crippen LogP contribution is 2.06. The Morgan fingerprint density at radius 2 is 2.00 bits per heavy atom. The molecule has 0 aliphatic rings. The van der Waals surface area contributed by atoms with E-state index in [1.54, 1.807) is 0 Å². The van der Waals surface area contributed by atoms with Gasteiger partial charge in [-0.25, -0.2) is 0 Å². The van der Waals surface area contributed by atoms with Crippen molar-refractivity contribution in [2.75, 3.05) is 0 Å². The Balaban J connectivity index is 2.83. The highest BCUT2D eigenvalue weighted by atomic mass is 14.0. The lowest BCUT2D eigenvalue weighted by Crippen LogP contribution is -1.84. The van der Waals surface area contributed by atoms with Crippen LogP contribution in [0.3, 0.4) is 0 Å². The molecule has 0 unspecified atom stereocenters. The van der Waals surface area contributed by atoms with E-state index in [4.69, 9.17) is 0 Å². The SMILES string of the molecule is CC#CCc1ccccc1C. The lowest BCUT2D eigenvalue weighted by Gasteiger charge is -1.98. The molecule has 56 valence electrons. The molecule has 1 rings (SSSR count). The Morgan fingerprint density at radius 3 is 2.64 bits per heavy atom. The highest BCUT2D eigenvalue weighted by Gasteiger charge is 1.91. The normalized spacial score (nSPS) is 8.55. The number of rotatable bonds is 1. The predicted octanol–water partition coefficient (Wildman–Crippen LogP) is 2.56. The van der Waals surface area contributed by atoms with Crippen LogP contribution in [-0.4, -0.2) is 0 Å². The van der Waals surface area contributed by atoms with Gasteiger partial charge in [-0.3, -0.25) is 0 Å². The highest BCUT2D eigenvalue weighted by molar-refractivity contribution is 5.28. The fraction of sp³-hybridized carbons (Fsp3) is 0.273. The van der Waals surface area contributed by atoms with Crippen molar-refractivity contribution in [2.24, 2.45) is 0 Å². The fourth-order valence-electron chi connectivity index (χ4n) is 0.992. The van der Waals surface area contributed by atoms with E-state index in [1.165, 1.54) is 11.1 Å². The van der Waals surface area contributed by atoms with Gasteiger partial charge >= 0.3 is 0 Å². The van der Waals surface area contributed by atoms with Crippen molar-refractivity contribution in [3.8, 4) is 11.8 Å². The number of hydrogen-bond donors (Lipinski definition) is 0. The van der Waals surface area contributed by atoms with Crippen LogP contribution in [0.4, 0.5) is 0 Å². The van der Waals surface area contributed by atoms with Crippen LogP contribution in [0.25, 0.3) is 0 Å². The first-order valence-electron chi connectivity index (χ1n) is 3.78. The summed E-state index contributed by atoms with van der Waals surface area (Å²) in [5, 5.41) is 0. The summed E-state index contributed by atoms with van der Waals surface area (Å²) in [5.41, 5.74) is 2.66. The molecule has 0 bridgehead atoms. The third-order valence-corrected chi connectivity index (χ3v) is 1.72. The topological polar surface area (TPSA) is 0 Å². The summed E-state index contributed by atoms with van der Waals surface area (Å²) in [4.78, 5) is 0. The Labute approximate surface area is 68.3 Å². The van der Waals surface area contributed by atoms with Gasteiger partial charge in [0.05, 0.1) is 0 Å². The lowest BCUT2D eigenvalue weighted by molar-refractivity contribution is 1.25. The van der Waals surface area contributed by atoms with E-state index in [0.29, 0.717) is 0 Å². The molecule has 0 heteroatoms. The standard InChI is InChI=1S/C11H12/c1-3-4-8-11-9-6-5-7-10(11)2/h5-7,9H,8H2,1-2H3. The van der Waals surface area contributed by atoms with Gasteiger partial charge in [0.25, 0.3) is 0 Å². The van der Waals surface area contributed by atoms with Crippen LogP contribution in [0.15, 0.2) is 24.3 Å². The van der Waals surface area contributed by atoms with Gasteiger partial charge in [-0.2, -0.15) is 0 Å². The van der Waals surface area contributed by atoms with Crippen molar-refractivity contribution in [2.45, 2.75) is 20.3 Å². The number of hydrogen-bond acceptors (Lipinski definition) is 0. The van der Waals surface area contributed by atoms with Crippen LogP contribution in [-0.2, 0) is 6.42 Å². The minimum Gasteiger partial charge on any atom is -0.106 e. The summed E-state index contributed by atoms with van der Waals surface area (Å²) in [6, 6.07) is 8.35. The van der Waals surface area contributed by atoms with Crippen molar-refractivity contribution in [1.82, 2.24) is 0 Å². The number of benzene rings is 1. The van der Waals surface area contributed by atoms with Gasteiger partial charge in [-0.05, 0) is 25.0 Å². The molecule has 0 aromatic heterocycles. The van der Waals surface area contributed by atoms with Gasteiger partial charge in [-0.15, -0.1) is 5.92 Å². The van der Waals surface area contributed by atoms with Crippen molar-refractivity contribution in [3.05, 3.63) is 35.4 Å². The summed E-state index contributed by atoms with van der Waals surface area (Å²) in [5.74, 6) is 5.95. The summed E-state index contributed by atoms with van der Waals surface area (Å²) in [6.07, 6.45) is 0.878. The monoisotopic (exact) mass is 144 g/mol. The maximum absolute atomic E-state index is 3.06. The van der Waals surface area contributed by atoms with E-state index >= 15 is 0 Å². The zero-order valence-corrected chi connectivity index (χ0v) is 7.02. The first-order chi connectivity index (χ1) is 5.34. The second-order valence-corrected chi connectivity index (χ2v) is 2.53. The Hall–Kier alpha value is -1.22. The van der Waals surface area contributed by atoms with Gasteiger partial charge in [-0.1, -0.05) is 30.2 Å². The van der Waals surface area contributed by atoms with Gasteiger partial charge in [0.15, 0.2) is 0 Å². The molecular formula is C11H12. The summed E-state index contributed by atoms with van der Waals surface area (Å²) in [6.45, 7) is 3.99. The van der Waals surface area contributed by atoms with E-state index < -0.39 is 0 Å². The first-order valence-corrected chi connectivity index (χ1v) is 3.78. The molecular weight excluding hydrogens is 132 g/mol. The average molecular weight is 144 g/mol. The van der Waals surface area contributed by atoms with Crippen LogP contribution in [0.2, 0.25) is 0 Å². The van der Waals surface area contributed by atoms with E-state index in [0.717, 1.165) is 6.42 Å². The zero-order valence-electron chi connectivity index (χ0n) is 7.02. The smallest absolute Gasteiger partial charge is 0.0342 e. The van der Waals surface area contributed by atoms with E-state index in [2.05, 4.69) is 43.0 Å². The predicted molar refractivity (Wildman–Crippen MR) is 48.3 cm³/mol. The Bertz CT molecular complexity index is 286. The second-order valence-electron chi connectivity index (χ2n) is 2.53. The molecule has 0 spiro atoms. The zero-order chi connectivity index (χ0) is 8.10. The largest absolute Gasteiger partial charge is 0.106 e. The molecule has 0 amide bonds. The Kier molecular flexibility index (Phi) is 2.74. The maximum Gasteiger partial charge on any atom is 0.0342 e. The van der Waals surface area contributed by atoms with Crippen LogP contribution < -0.4 is 0 Å².